The molecule has 76 valence electrons. The largest absolute Gasteiger partial charge is 0.289 e. The fraction of sp³-hybridized carbons (Fsp3) is 0.364. The minimum Gasteiger partial charge on any atom is -0.289 e. The number of carbonyl (C=O) groups excluding carboxylic acids is 1. The summed E-state index contributed by atoms with van der Waals surface area (Å²) in [4.78, 5) is 10.9. The maximum atomic E-state index is 10.9. The first-order valence-electron chi connectivity index (χ1n) is 4.69. The average molecular weight is 193 g/mol. The van der Waals surface area contributed by atoms with Gasteiger partial charge in [-0.25, -0.2) is 5.48 Å². The van der Waals surface area contributed by atoms with E-state index >= 15 is 0 Å². The van der Waals surface area contributed by atoms with Crippen LogP contribution in [-0.4, -0.2) is 11.1 Å². The fourth-order valence-electron chi connectivity index (χ4n) is 1.45. The third kappa shape index (κ3) is 3.58. The molecule has 1 rings (SSSR count). The van der Waals surface area contributed by atoms with Gasteiger partial charge in [-0.1, -0.05) is 37.3 Å². The number of carbonyl (C=O) groups is 1. The molecule has 1 atom stereocenters. The van der Waals surface area contributed by atoms with Crippen LogP contribution < -0.4 is 5.48 Å². The molecule has 0 saturated carbocycles. The normalized spacial score (nSPS) is 12.1. The molecular formula is C11H15NO2. The fourth-order valence-corrected chi connectivity index (χ4v) is 1.45. The molecule has 0 fully saturated rings. The van der Waals surface area contributed by atoms with E-state index in [1.807, 2.05) is 37.3 Å². The Bertz CT molecular complexity index is 285. The van der Waals surface area contributed by atoms with Crippen molar-refractivity contribution in [3.63, 3.8) is 0 Å². The first-order valence-corrected chi connectivity index (χ1v) is 4.69. The summed E-state index contributed by atoms with van der Waals surface area (Å²) in [7, 11) is 0. The van der Waals surface area contributed by atoms with E-state index in [1.54, 1.807) is 5.48 Å². The van der Waals surface area contributed by atoms with Crippen LogP contribution in [-0.2, 0) is 11.2 Å². The summed E-state index contributed by atoms with van der Waals surface area (Å²) in [6, 6.07) is 10.00. The van der Waals surface area contributed by atoms with Crippen LogP contribution in [0.2, 0.25) is 0 Å². The molecule has 1 unspecified atom stereocenters. The lowest BCUT2D eigenvalue weighted by atomic mass is 9.98. The van der Waals surface area contributed by atoms with Gasteiger partial charge in [0.15, 0.2) is 0 Å². The number of benzene rings is 1. The van der Waals surface area contributed by atoms with E-state index in [4.69, 9.17) is 5.21 Å². The molecule has 2 N–H and O–H groups in total. The van der Waals surface area contributed by atoms with Crippen molar-refractivity contribution in [2.75, 3.05) is 0 Å². The van der Waals surface area contributed by atoms with Gasteiger partial charge in [0.1, 0.15) is 0 Å². The lowest BCUT2D eigenvalue weighted by Crippen LogP contribution is -2.21. The quantitative estimate of drug-likeness (QED) is 0.565. The minimum atomic E-state index is -0.326. The van der Waals surface area contributed by atoms with Crippen LogP contribution in [0.25, 0.3) is 0 Å². The van der Waals surface area contributed by atoms with Crippen LogP contribution in [0, 0.1) is 5.92 Å². The predicted octanol–water partition coefficient (Wildman–Crippen LogP) is 1.76. The van der Waals surface area contributed by atoms with Gasteiger partial charge in [0, 0.05) is 6.42 Å². The third-order valence-electron chi connectivity index (χ3n) is 2.09. The van der Waals surface area contributed by atoms with E-state index in [9.17, 15) is 4.79 Å². The van der Waals surface area contributed by atoms with Crippen LogP contribution >= 0.6 is 0 Å². The van der Waals surface area contributed by atoms with Gasteiger partial charge < -0.3 is 0 Å². The molecule has 0 heterocycles. The highest BCUT2D eigenvalue weighted by atomic mass is 16.5. The van der Waals surface area contributed by atoms with Gasteiger partial charge in [0.2, 0.25) is 5.91 Å². The van der Waals surface area contributed by atoms with Crippen LogP contribution in [0.3, 0.4) is 0 Å². The van der Waals surface area contributed by atoms with Crippen LogP contribution in [0.5, 0.6) is 0 Å². The smallest absolute Gasteiger partial charge is 0.243 e. The lowest BCUT2D eigenvalue weighted by molar-refractivity contribution is -0.130. The van der Waals surface area contributed by atoms with E-state index in [-0.39, 0.29) is 11.8 Å². The molecule has 0 radical (unpaired) electrons. The highest BCUT2D eigenvalue weighted by molar-refractivity contribution is 5.74. The molecule has 0 spiro atoms. The summed E-state index contributed by atoms with van der Waals surface area (Å²) in [6.45, 7) is 1.99. The highest BCUT2D eigenvalue weighted by Gasteiger charge is 2.08. The van der Waals surface area contributed by atoms with Gasteiger partial charge in [-0.05, 0) is 17.9 Å². The second-order valence-electron chi connectivity index (χ2n) is 3.53. The van der Waals surface area contributed by atoms with Crippen molar-refractivity contribution in [3.8, 4) is 0 Å². The number of hydrogen-bond acceptors (Lipinski definition) is 2. The number of amides is 1. The Morgan fingerprint density at radius 2 is 2.07 bits per heavy atom. The van der Waals surface area contributed by atoms with Crippen molar-refractivity contribution in [3.05, 3.63) is 35.9 Å². The molecule has 0 aliphatic heterocycles. The Morgan fingerprint density at radius 1 is 1.43 bits per heavy atom. The molecule has 3 heteroatoms. The Kier molecular flexibility index (Phi) is 4.13. The third-order valence-corrected chi connectivity index (χ3v) is 2.09. The van der Waals surface area contributed by atoms with Crippen molar-refractivity contribution >= 4 is 5.91 Å². The summed E-state index contributed by atoms with van der Waals surface area (Å²) in [5, 5.41) is 8.35. The molecule has 0 bridgehead atoms. The minimum absolute atomic E-state index is 0.240. The predicted molar refractivity (Wildman–Crippen MR) is 53.9 cm³/mol. The molecule has 1 aromatic carbocycles. The van der Waals surface area contributed by atoms with Crippen LogP contribution in [0.4, 0.5) is 0 Å². The van der Waals surface area contributed by atoms with E-state index in [1.165, 1.54) is 5.56 Å². The van der Waals surface area contributed by atoms with Gasteiger partial charge >= 0.3 is 0 Å². The molecule has 0 aromatic heterocycles. The van der Waals surface area contributed by atoms with Crippen molar-refractivity contribution in [1.82, 2.24) is 5.48 Å². The van der Waals surface area contributed by atoms with Gasteiger partial charge in [-0.15, -0.1) is 0 Å². The summed E-state index contributed by atoms with van der Waals surface area (Å²) < 4.78 is 0. The standard InChI is InChI=1S/C11H15NO2/c1-9(8-11(13)12-14)7-10-5-3-2-4-6-10/h2-6,9,14H,7-8H2,1H3,(H,12,13). The topological polar surface area (TPSA) is 49.3 Å². The zero-order chi connectivity index (χ0) is 10.4. The maximum Gasteiger partial charge on any atom is 0.243 e. The van der Waals surface area contributed by atoms with E-state index < -0.39 is 0 Å². The van der Waals surface area contributed by atoms with Gasteiger partial charge in [0.05, 0.1) is 0 Å². The Labute approximate surface area is 83.7 Å². The maximum absolute atomic E-state index is 10.9. The monoisotopic (exact) mass is 193 g/mol. The van der Waals surface area contributed by atoms with Crippen molar-refractivity contribution < 1.29 is 10.0 Å². The highest BCUT2D eigenvalue weighted by Crippen LogP contribution is 2.10. The molecular weight excluding hydrogens is 178 g/mol. The van der Waals surface area contributed by atoms with Gasteiger partial charge in [-0.2, -0.15) is 0 Å². The Balaban J connectivity index is 2.41. The summed E-state index contributed by atoms with van der Waals surface area (Å²) in [6.07, 6.45) is 1.21. The van der Waals surface area contributed by atoms with Crippen molar-refractivity contribution in [2.45, 2.75) is 19.8 Å². The van der Waals surface area contributed by atoms with E-state index in [2.05, 4.69) is 0 Å². The SMILES string of the molecule is CC(CC(=O)NO)Cc1ccccc1. The Hall–Kier alpha value is -1.35. The summed E-state index contributed by atoms with van der Waals surface area (Å²) in [5.74, 6) is -0.0852. The zero-order valence-corrected chi connectivity index (χ0v) is 8.23. The number of rotatable bonds is 4. The lowest BCUT2D eigenvalue weighted by Gasteiger charge is -2.09. The van der Waals surface area contributed by atoms with E-state index in [0.29, 0.717) is 6.42 Å². The van der Waals surface area contributed by atoms with Crippen molar-refractivity contribution in [1.29, 1.82) is 0 Å². The first-order chi connectivity index (χ1) is 6.72. The molecule has 1 amide bonds. The zero-order valence-electron chi connectivity index (χ0n) is 8.23. The first kappa shape index (κ1) is 10.7. The second kappa shape index (κ2) is 5.40. The molecule has 14 heavy (non-hydrogen) atoms. The molecule has 0 aliphatic carbocycles. The van der Waals surface area contributed by atoms with Crippen LogP contribution in [0.1, 0.15) is 18.9 Å². The van der Waals surface area contributed by atoms with E-state index in [0.717, 1.165) is 6.42 Å². The molecule has 0 saturated heterocycles. The average Bonchev–Trinajstić information content (AvgIpc) is 2.19. The molecule has 0 aliphatic rings. The Morgan fingerprint density at radius 3 is 2.64 bits per heavy atom. The summed E-state index contributed by atoms with van der Waals surface area (Å²) >= 11 is 0. The van der Waals surface area contributed by atoms with Crippen molar-refractivity contribution in [2.24, 2.45) is 5.92 Å². The number of hydrogen-bond donors (Lipinski definition) is 2. The molecule has 1 aromatic rings. The molecule has 3 nitrogen and oxygen atoms in total. The number of nitrogens with one attached hydrogen (secondary N) is 1. The number of hydroxylamine groups is 1. The van der Waals surface area contributed by atoms with Gasteiger partial charge in [0.25, 0.3) is 0 Å². The van der Waals surface area contributed by atoms with Crippen LogP contribution in [0.15, 0.2) is 30.3 Å². The summed E-state index contributed by atoms with van der Waals surface area (Å²) in [5.41, 5.74) is 2.86. The second-order valence-corrected chi connectivity index (χ2v) is 3.53. The van der Waals surface area contributed by atoms with Gasteiger partial charge in [-0.3, -0.25) is 10.0 Å².